The molecule has 2 aliphatic carbocycles. The summed E-state index contributed by atoms with van der Waals surface area (Å²) in [5.41, 5.74) is 9.45. The average molecular weight is 306 g/mol. The van der Waals surface area contributed by atoms with Crippen LogP contribution in [0.4, 0.5) is 0 Å². The molecule has 0 atom stereocenters. The third kappa shape index (κ3) is 10.1. The van der Waals surface area contributed by atoms with Gasteiger partial charge in [0.05, 0.1) is 0 Å². The SMILES string of the molecule is [NH2+]=NOOC1CCCCC1.[NH2+]=NOOC1CCCCC1.[O-2]. The van der Waals surface area contributed by atoms with Crippen molar-refractivity contribution in [2.45, 2.75) is 76.4 Å². The Labute approximate surface area is 124 Å². The van der Waals surface area contributed by atoms with E-state index >= 15 is 0 Å². The van der Waals surface area contributed by atoms with Crippen molar-refractivity contribution in [1.82, 2.24) is 0 Å². The van der Waals surface area contributed by atoms with Crippen LogP contribution in [0.1, 0.15) is 64.2 Å². The molecule has 0 aliphatic heterocycles. The lowest BCUT2D eigenvalue weighted by Gasteiger charge is -2.17. The summed E-state index contributed by atoms with van der Waals surface area (Å²) >= 11 is 0. The van der Waals surface area contributed by atoms with E-state index in [-0.39, 0.29) is 17.7 Å². The third-order valence-electron chi connectivity index (χ3n) is 3.55. The molecule has 0 aromatic rings. The fourth-order valence-corrected chi connectivity index (χ4v) is 2.49. The zero-order chi connectivity index (χ0) is 14.5. The molecule has 2 saturated carbocycles. The molecule has 0 radical (unpaired) electrons. The lowest BCUT2D eigenvalue weighted by Crippen LogP contribution is -2.25. The van der Waals surface area contributed by atoms with Crippen molar-refractivity contribution in [2.75, 3.05) is 0 Å². The first-order valence-corrected chi connectivity index (χ1v) is 7.32. The van der Waals surface area contributed by atoms with Crippen LogP contribution in [-0.4, -0.2) is 12.2 Å². The van der Waals surface area contributed by atoms with Crippen molar-refractivity contribution in [1.29, 1.82) is 0 Å². The summed E-state index contributed by atoms with van der Waals surface area (Å²) in [6, 6.07) is 0. The molecule has 0 unspecified atom stereocenters. The van der Waals surface area contributed by atoms with Gasteiger partial charge in [-0.25, -0.2) is 0 Å². The maximum absolute atomic E-state index is 4.84. The first-order valence-electron chi connectivity index (χ1n) is 7.32. The first-order chi connectivity index (χ1) is 9.86. The van der Waals surface area contributed by atoms with Crippen LogP contribution in [0.3, 0.4) is 0 Å². The van der Waals surface area contributed by atoms with Crippen molar-refractivity contribution >= 4 is 0 Å². The average Bonchev–Trinajstić information content (AvgIpc) is 2.53. The van der Waals surface area contributed by atoms with E-state index in [0.717, 1.165) is 25.7 Å². The summed E-state index contributed by atoms with van der Waals surface area (Å²) in [4.78, 5) is 18.2. The first kappa shape index (κ1) is 19.7. The van der Waals surface area contributed by atoms with Crippen molar-refractivity contribution in [3.63, 3.8) is 0 Å². The van der Waals surface area contributed by atoms with Gasteiger partial charge in [0.25, 0.3) is 0 Å². The molecule has 0 heterocycles. The highest BCUT2D eigenvalue weighted by Gasteiger charge is 2.15. The number of nitrogens with two attached hydrogens (primary N) is 2. The molecule has 2 aliphatic rings. The third-order valence-corrected chi connectivity index (χ3v) is 3.55. The highest BCUT2D eigenvalue weighted by Crippen LogP contribution is 2.20. The van der Waals surface area contributed by atoms with Gasteiger partial charge >= 0.3 is 0 Å². The lowest BCUT2D eigenvalue weighted by atomic mass is 9.98. The summed E-state index contributed by atoms with van der Waals surface area (Å²) in [7, 11) is 0. The van der Waals surface area contributed by atoms with Crippen LogP contribution in [0.2, 0.25) is 0 Å². The largest absolute Gasteiger partial charge is 2.00 e. The van der Waals surface area contributed by atoms with Crippen LogP contribution >= 0.6 is 0 Å². The van der Waals surface area contributed by atoms with E-state index < -0.39 is 0 Å². The van der Waals surface area contributed by atoms with Crippen molar-refractivity contribution in [2.24, 2.45) is 10.6 Å². The summed E-state index contributed by atoms with van der Waals surface area (Å²) in [6.07, 6.45) is 12.2. The summed E-state index contributed by atoms with van der Waals surface area (Å²) in [6.45, 7) is 0. The van der Waals surface area contributed by atoms with Gasteiger partial charge in [-0.15, -0.1) is 11.1 Å². The molecule has 9 nitrogen and oxygen atoms in total. The molecule has 0 aromatic carbocycles. The van der Waals surface area contributed by atoms with E-state index in [2.05, 4.69) is 20.5 Å². The molecule has 9 heteroatoms. The molecule has 0 aromatic heterocycles. The molecule has 21 heavy (non-hydrogen) atoms. The van der Waals surface area contributed by atoms with Gasteiger partial charge in [0.2, 0.25) is 10.6 Å². The number of hydrogen-bond donors (Lipinski definition) is 2. The molecule has 4 N–H and O–H groups in total. The Morgan fingerprint density at radius 1 is 0.619 bits per heavy atom. The van der Waals surface area contributed by atoms with Gasteiger partial charge < -0.3 is 5.48 Å². The highest BCUT2D eigenvalue weighted by atomic mass is 17.3. The molecule has 0 bridgehead atoms. The van der Waals surface area contributed by atoms with Crippen LogP contribution in [0.5, 0.6) is 0 Å². The molecular formula is C12H26N4O5. The smallest absolute Gasteiger partial charge is 0.217 e. The predicted molar refractivity (Wildman–Crippen MR) is 67.5 cm³/mol. The van der Waals surface area contributed by atoms with E-state index in [1.165, 1.54) is 38.5 Å². The van der Waals surface area contributed by atoms with Gasteiger partial charge in [-0.3, -0.25) is 0 Å². The number of hydrogen-bond acceptors (Lipinski definition) is 6. The maximum Gasteiger partial charge on any atom is 0.217 e. The maximum atomic E-state index is 4.84. The lowest BCUT2D eigenvalue weighted by molar-refractivity contribution is -0.427. The second-order valence-electron chi connectivity index (χ2n) is 5.07. The van der Waals surface area contributed by atoms with E-state index in [1.807, 2.05) is 0 Å². The Morgan fingerprint density at radius 2 is 0.952 bits per heavy atom. The van der Waals surface area contributed by atoms with Gasteiger partial charge in [-0.1, -0.05) is 38.5 Å². The Morgan fingerprint density at radius 3 is 1.24 bits per heavy atom. The number of rotatable bonds is 6. The molecule has 2 rings (SSSR count). The van der Waals surface area contributed by atoms with Gasteiger partial charge in [0.15, 0.2) is 0 Å². The molecule has 0 saturated heterocycles. The minimum Gasteiger partial charge on any atom is -2.00 e. The van der Waals surface area contributed by atoms with Gasteiger partial charge in [-0.2, -0.15) is 19.8 Å². The van der Waals surface area contributed by atoms with E-state index in [1.54, 1.807) is 0 Å². The quantitative estimate of drug-likeness (QED) is 0.422. The second-order valence-corrected chi connectivity index (χ2v) is 5.07. The minimum absolute atomic E-state index is 0. The Kier molecular flexibility index (Phi) is 12.8. The van der Waals surface area contributed by atoms with E-state index in [0.29, 0.717) is 0 Å². The van der Waals surface area contributed by atoms with Crippen LogP contribution in [0.25, 0.3) is 0 Å². The molecule has 2 fully saturated rings. The van der Waals surface area contributed by atoms with Crippen molar-refractivity contribution in [3.8, 4) is 0 Å². The fraction of sp³-hybridized carbons (Fsp3) is 1.00. The van der Waals surface area contributed by atoms with Crippen molar-refractivity contribution < 1.29 is 36.3 Å². The van der Waals surface area contributed by atoms with E-state index in [4.69, 9.17) is 20.8 Å². The van der Waals surface area contributed by atoms with Crippen LogP contribution in [0, 0.1) is 0 Å². The summed E-state index contributed by atoms with van der Waals surface area (Å²) < 4.78 is 0. The fourth-order valence-electron chi connectivity index (χ4n) is 2.49. The van der Waals surface area contributed by atoms with Gasteiger partial charge in [-0.05, 0) is 25.7 Å². The predicted octanol–water partition coefficient (Wildman–Crippen LogP) is 0.668. The minimum atomic E-state index is 0. The Hall–Kier alpha value is -1.32. The molecular weight excluding hydrogens is 280 g/mol. The molecule has 0 amide bonds. The topological polar surface area (TPSA) is 141 Å². The monoisotopic (exact) mass is 306 g/mol. The summed E-state index contributed by atoms with van der Waals surface area (Å²) in [5, 5.41) is 5.82. The molecule has 0 spiro atoms. The second kappa shape index (κ2) is 13.7. The Balaban J connectivity index is 0.000000364. The van der Waals surface area contributed by atoms with Crippen LogP contribution in [0.15, 0.2) is 10.6 Å². The Bertz CT molecular complexity index is 232. The molecule has 124 valence electrons. The van der Waals surface area contributed by atoms with Gasteiger partial charge in [0.1, 0.15) is 12.2 Å². The normalized spacial score (nSPS) is 19.4. The zero-order valence-corrected chi connectivity index (χ0v) is 12.3. The van der Waals surface area contributed by atoms with Crippen LogP contribution in [-0.2, 0) is 25.2 Å². The van der Waals surface area contributed by atoms with E-state index in [9.17, 15) is 0 Å². The summed E-state index contributed by atoms with van der Waals surface area (Å²) in [5.74, 6) is 0. The number of nitrogens with zero attached hydrogens (tertiary/aromatic N) is 2. The zero-order valence-electron chi connectivity index (χ0n) is 12.3. The van der Waals surface area contributed by atoms with Gasteiger partial charge in [0, 0.05) is 0 Å². The van der Waals surface area contributed by atoms with Crippen molar-refractivity contribution in [3.05, 3.63) is 0 Å². The van der Waals surface area contributed by atoms with Crippen LogP contribution < -0.4 is 11.1 Å². The standard InChI is InChI=1S/2C6H12N2O2.O/c2*7-8-10-9-6-4-2-1-3-5-6;/h2*6-7H,1-5H2;/q;;-2/p+2. The highest BCUT2D eigenvalue weighted by molar-refractivity contribution is 4.63.